The number of hydrogen-bond donors (Lipinski definition) is 1. The van der Waals surface area contributed by atoms with Crippen molar-refractivity contribution in [2.75, 3.05) is 13.7 Å². The molecule has 0 saturated carbocycles. The van der Waals surface area contributed by atoms with E-state index in [-0.39, 0.29) is 17.9 Å². The van der Waals surface area contributed by atoms with E-state index in [0.717, 1.165) is 30.6 Å². The summed E-state index contributed by atoms with van der Waals surface area (Å²) in [6, 6.07) is 11.1. The first-order chi connectivity index (χ1) is 16.2. The van der Waals surface area contributed by atoms with Crippen LogP contribution in [0.15, 0.2) is 52.4 Å². The van der Waals surface area contributed by atoms with Crippen molar-refractivity contribution in [2.24, 2.45) is 10.1 Å². The summed E-state index contributed by atoms with van der Waals surface area (Å²) in [4.78, 5) is 29.1. The van der Waals surface area contributed by atoms with Gasteiger partial charge in [-0.3, -0.25) is 9.59 Å². The number of unbranched alkanes of at least 4 members (excludes halogenated alkanes) is 2. The summed E-state index contributed by atoms with van der Waals surface area (Å²) in [5.74, 6) is -0.208. The summed E-state index contributed by atoms with van der Waals surface area (Å²) in [6.07, 6.45) is 3.24. The summed E-state index contributed by atoms with van der Waals surface area (Å²) < 4.78 is 36.1. The van der Waals surface area contributed by atoms with Gasteiger partial charge in [-0.15, -0.1) is 0 Å². The van der Waals surface area contributed by atoms with E-state index in [4.69, 9.17) is 14.6 Å². The van der Waals surface area contributed by atoms with E-state index < -0.39 is 21.9 Å². The molecule has 0 unspecified atom stereocenters. The predicted molar refractivity (Wildman–Crippen MR) is 129 cm³/mol. The Hall–Kier alpha value is -3.02. The topological polar surface area (TPSA) is 130 Å². The van der Waals surface area contributed by atoms with E-state index >= 15 is 0 Å². The molecule has 2 N–H and O–H groups in total. The second-order valence-corrected chi connectivity index (χ2v) is 10.1. The standard InChI is InChI=1S/C23H27N3O6S2/c1-3-4-5-14-32-17-8-6-16(7-9-17)22(28)25-23-26(13-12-21(27)31-2)19-11-10-18(34(24,29)30)15-20(19)33-23/h6-11,15H,3-5,12-14H2,1-2H3,(H2,24,29,30). The van der Waals surface area contributed by atoms with Gasteiger partial charge in [0.15, 0.2) is 4.80 Å². The lowest BCUT2D eigenvalue weighted by molar-refractivity contribution is -0.140. The van der Waals surface area contributed by atoms with Crippen LogP contribution in [0, 0.1) is 0 Å². The Balaban J connectivity index is 1.93. The van der Waals surface area contributed by atoms with Crippen molar-refractivity contribution in [2.45, 2.75) is 44.0 Å². The van der Waals surface area contributed by atoms with Crippen LogP contribution in [0.4, 0.5) is 0 Å². The number of carbonyl (C=O) groups is 2. The second kappa shape index (κ2) is 11.4. The molecule has 0 aliphatic rings. The molecule has 0 spiro atoms. The molecule has 2 aromatic carbocycles. The zero-order chi connectivity index (χ0) is 24.7. The minimum absolute atomic E-state index is 0.0474. The van der Waals surface area contributed by atoms with Crippen LogP contribution in [0.1, 0.15) is 43.0 Å². The van der Waals surface area contributed by atoms with Crippen molar-refractivity contribution in [3.8, 4) is 5.75 Å². The zero-order valence-electron chi connectivity index (χ0n) is 19.0. The average Bonchev–Trinajstić information content (AvgIpc) is 3.16. The molecule has 0 saturated heterocycles. The Morgan fingerprint density at radius 1 is 1.12 bits per heavy atom. The van der Waals surface area contributed by atoms with Gasteiger partial charge in [0, 0.05) is 12.1 Å². The fraction of sp³-hybridized carbons (Fsp3) is 0.348. The highest BCUT2D eigenvalue weighted by atomic mass is 32.2. The van der Waals surface area contributed by atoms with Gasteiger partial charge in [-0.1, -0.05) is 31.1 Å². The normalized spacial score (nSPS) is 12.1. The van der Waals surface area contributed by atoms with Gasteiger partial charge in [0.25, 0.3) is 5.91 Å². The van der Waals surface area contributed by atoms with Crippen molar-refractivity contribution in [1.29, 1.82) is 0 Å². The monoisotopic (exact) mass is 505 g/mol. The van der Waals surface area contributed by atoms with Crippen LogP contribution in [0.3, 0.4) is 0 Å². The van der Waals surface area contributed by atoms with Crippen LogP contribution in [0.5, 0.6) is 5.75 Å². The van der Waals surface area contributed by atoms with Crippen molar-refractivity contribution in [1.82, 2.24) is 4.57 Å². The van der Waals surface area contributed by atoms with Gasteiger partial charge in [-0.05, 0) is 48.9 Å². The minimum atomic E-state index is -3.89. The van der Waals surface area contributed by atoms with Gasteiger partial charge in [0.2, 0.25) is 10.0 Å². The Labute approximate surface area is 201 Å². The highest BCUT2D eigenvalue weighted by molar-refractivity contribution is 7.89. The van der Waals surface area contributed by atoms with Gasteiger partial charge in [-0.25, -0.2) is 13.6 Å². The molecule has 3 aromatic rings. The lowest BCUT2D eigenvalue weighted by Gasteiger charge is -2.06. The molecular formula is C23H27N3O6S2. The number of carbonyl (C=O) groups excluding carboxylic acids is 2. The summed E-state index contributed by atoms with van der Waals surface area (Å²) >= 11 is 1.13. The quantitative estimate of drug-likeness (QED) is 0.333. The molecule has 1 heterocycles. The number of nitrogens with two attached hydrogens (primary N) is 1. The molecule has 34 heavy (non-hydrogen) atoms. The first-order valence-electron chi connectivity index (χ1n) is 10.8. The predicted octanol–water partition coefficient (Wildman–Crippen LogP) is 3.22. The van der Waals surface area contributed by atoms with E-state index in [1.807, 2.05) is 0 Å². The van der Waals surface area contributed by atoms with E-state index in [1.54, 1.807) is 34.9 Å². The van der Waals surface area contributed by atoms with Gasteiger partial charge in [0.05, 0.1) is 35.2 Å². The number of nitrogens with zero attached hydrogens (tertiary/aromatic N) is 2. The van der Waals surface area contributed by atoms with Crippen molar-refractivity contribution < 1.29 is 27.5 Å². The highest BCUT2D eigenvalue weighted by Crippen LogP contribution is 2.22. The SMILES string of the molecule is CCCCCOc1ccc(C(=O)N=c2sc3cc(S(N)(=O)=O)ccc3n2CCC(=O)OC)cc1. The Bertz CT molecular complexity index is 1340. The molecule has 9 nitrogen and oxygen atoms in total. The maximum absolute atomic E-state index is 12.9. The first kappa shape index (κ1) is 25.6. The molecule has 0 aliphatic carbocycles. The number of primary sulfonamides is 1. The lowest BCUT2D eigenvalue weighted by atomic mass is 10.2. The van der Waals surface area contributed by atoms with E-state index in [9.17, 15) is 18.0 Å². The van der Waals surface area contributed by atoms with E-state index in [2.05, 4.69) is 11.9 Å². The van der Waals surface area contributed by atoms with Crippen LogP contribution < -0.4 is 14.7 Å². The third-order valence-corrected chi connectivity index (χ3v) is 7.02. The molecule has 0 bridgehead atoms. The van der Waals surface area contributed by atoms with Crippen molar-refractivity contribution >= 4 is 43.5 Å². The smallest absolute Gasteiger partial charge is 0.307 e. The molecule has 1 aromatic heterocycles. The molecule has 1 amide bonds. The molecular weight excluding hydrogens is 478 g/mol. The molecule has 182 valence electrons. The van der Waals surface area contributed by atoms with Gasteiger partial charge >= 0.3 is 5.97 Å². The first-order valence-corrected chi connectivity index (χ1v) is 13.1. The number of hydrogen-bond acceptors (Lipinski definition) is 7. The molecule has 11 heteroatoms. The van der Waals surface area contributed by atoms with Crippen LogP contribution in [0.25, 0.3) is 10.2 Å². The van der Waals surface area contributed by atoms with Crippen LogP contribution in [-0.2, 0) is 26.1 Å². The number of aryl methyl sites for hydroxylation is 1. The number of aromatic nitrogens is 1. The second-order valence-electron chi connectivity index (χ2n) is 7.53. The van der Waals surface area contributed by atoms with Gasteiger partial charge in [0.1, 0.15) is 5.75 Å². The van der Waals surface area contributed by atoms with Gasteiger partial charge < -0.3 is 14.0 Å². The number of amides is 1. The fourth-order valence-corrected chi connectivity index (χ4v) is 4.93. The number of rotatable bonds is 10. The molecule has 3 rings (SSSR count). The summed E-state index contributed by atoms with van der Waals surface area (Å²) in [5.41, 5.74) is 1.01. The molecule has 0 atom stereocenters. The molecule has 0 radical (unpaired) electrons. The summed E-state index contributed by atoms with van der Waals surface area (Å²) in [7, 11) is -2.60. The van der Waals surface area contributed by atoms with Gasteiger partial charge in [-0.2, -0.15) is 4.99 Å². The summed E-state index contributed by atoms with van der Waals surface area (Å²) in [6.45, 7) is 2.95. The molecule has 0 fully saturated rings. The largest absolute Gasteiger partial charge is 0.494 e. The number of methoxy groups -OCH3 is 1. The third-order valence-electron chi connectivity index (χ3n) is 5.07. The Morgan fingerprint density at radius 3 is 2.50 bits per heavy atom. The average molecular weight is 506 g/mol. The third kappa shape index (κ3) is 6.52. The maximum atomic E-state index is 12.9. The highest BCUT2D eigenvalue weighted by Gasteiger charge is 2.15. The molecule has 0 aliphatic heterocycles. The minimum Gasteiger partial charge on any atom is -0.494 e. The number of benzene rings is 2. The van der Waals surface area contributed by atoms with Crippen molar-refractivity contribution in [3.05, 3.63) is 52.8 Å². The maximum Gasteiger partial charge on any atom is 0.307 e. The van der Waals surface area contributed by atoms with Crippen molar-refractivity contribution in [3.63, 3.8) is 0 Å². The fourth-order valence-electron chi connectivity index (χ4n) is 3.22. The number of sulfonamides is 1. The number of ether oxygens (including phenoxy) is 2. The van der Waals surface area contributed by atoms with E-state index in [1.165, 1.54) is 19.2 Å². The number of esters is 1. The van der Waals surface area contributed by atoms with Crippen LogP contribution >= 0.6 is 11.3 Å². The Kier molecular flexibility index (Phi) is 8.59. The summed E-state index contributed by atoms with van der Waals surface area (Å²) in [5, 5.41) is 5.24. The number of thiazole rings is 1. The number of fused-ring (bicyclic) bond motifs is 1. The van der Waals surface area contributed by atoms with Crippen LogP contribution in [0.2, 0.25) is 0 Å². The zero-order valence-corrected chi connectivity index (χ0v) is 20.7. The Morgan fingerprint density at radius 2 is 1.85 bits per heavy atom. The van der Waals surface area contributed by atoms with E-state index in [0.29, 0.717) is 32.9 Å². The van der Waals surface area contributed by atoms with Crippen LogP contribution in [-0.4, -0.2) is 38.6 Å². The lowest BCUT2D eigenvalue weighted by Crippen LogP contribution is -2.19.